The molecular formula is C27H28FN3O3. The summed E-state index contributed by atoms with van der Waals surface area (Å²) in [6.07, 6.45) is 2.07. The van der Waals surface area contributed by atoms with E-state index in [1.807, 2.05) is 19.1 Å². The minimum atomic E-state index is -0.455. The van der Waals surface area contributed by atoms with E-state index in [1.54, 1.807) is 0 Å². The maximum Gasteiger partial charge on any atom is 0.254 e. The minimum Gasteiger partial charge on any atom is -0.378 e. The maximum atomic E-state index is 13.5. The molecule has 1 fully saturated rings. The third-order valence-electron chi connectivity index (χ3n) is 6.73. The zero-order valence-electron chi connectivity index (χ0n) is 19.2. The number of Topliss-reactive ketones (excluding diaryl/α,β-unsaturated/α-hetero) is 1. The van der Waals surface area contributed by atoms with Crippen LogP contribution in [-0.2, 0) is 14.3 Å². The van der Waals surface area contributed by atoms with Crippen molar-refractivity contribution < 1.29 is 18.7 Å². The van der Waals surface area contributed by atoms with E-state index in [9.17, 15) is 14.0 Å². The lowest BCUT2D eigenvalue weighted by Gasteiger charge is -2.35. The first kappa shape index (κ1) is 22.3. The van der Waals surface area contributed by atoms with Crippen molar-refractivity contribution in [1.29, 1.82) is 0 Å². The second kappa shape index (κ2) is 9.43. The highest BCUT2D eigenvalue weighted by Gasteiger charge is 2.38. The van der Waals surface area contributed by atoms with Gasteiger partial charge in [-0.1, -0.05) is 12.1 Å². The monoisotopic (exact) mass is 461 g/mol. The molecule has 1 aliphatic carbocycles. The van der Waals surface area contributed by atoms with Crippen LogP contribution in [0.2, 0.25) is 0 Å². The Labute approximate surface area is 198 Å². The third kappa shape index (κ3) is 4.35. The number of halogens is 1. The van der Waals surface area contributed by atoms with Gasteiger partial charge in [-0.25, -0.2) is 4.39 Å². The molecule has 0 saturated carbocycles. The molecule has 0 spiro atoms. The van der Waals surface area contributed by atoms with Gasteiger partial charge in [-0.2, -0.15) is 0 Å². The lowest BCUT2D eigenvalue weighted by Crippen LogP contribution is -2.36. The van der Waals surface area contributed by atoms with Crippen LogP contribution >= 0.6 is 0 Å². The van der Waals surface area contributed by atoms with Crippen LogP contribution in [0.15, 0.2) is 71.1 Å². The fourth-order valence-electron chi connectivity index (χ4n) is 5.05. The van der Waals surface area contributed by atoms with Crippen LogP contribution in [0.5, 0.6) is 0 Å². The fraction of sp³-hybridized carbons (Fsp3) is 0.333. The second-order valence-corrected chi connectivity index (χ2v) is 8.92. The molecule has 2 aromatic rings. The number of carbonyl (C=O) groups is 2. The minimum absolute atomic E-state index is 0.0792. The number of anilines is 2. The van der Waals surface area contributed by atoms with E-state index in [0.717, 1.165) is 48.6 Å². The zero-order valence-corrected chi connectivity index (χ0v) is 19.2. The van der Waals surface area contributed by atoms with Crippen LogP contribution in [0.3, 0.4) is 0 Å². The molecule has 2 aromatic carbocycles. The van der Waals surface area contributed by atoms with E-state index < -0.39 is 5.92 Å². The number of hydrogen-bond acceptors (Lipinski definition) is 5. The molecule has 1 atom stereocenters. The SMILES string of the molecule is CC1=C(C(=O)Nc2ccc(F)cc2)C(c2ccc(N3CCOCC3)cc2)C2=C(CCCC2=O)N1. The number of amides is 1. The molecule has 2 heterocycles. The maximum absolute atomic E-state index is 13.5. The van der Waals surface area contributed by atoms with Gasteiger partial charge in [0.05, 0.1) is 13.2 Å². The molecular weight excluding hydrogens is 433 g/mol. The summed E-state index contributed by atoms with van der Waals surface area (Å²) in [5.41, 5.74) is 5.35. The van der Waals surface area contributed by atoms with E-state index in [0.29, 0.717) is 36.5 Å². The van der Waals surface area contributed by atoms with Crippen LogP contribution in [0.25, 0.3) is 0 Å². The number of morpholine rings is 1. The summed E-state index contributed by atoms with van der Waals surface area (Å²) in [5.74, 6) is -1.05. The summed E-state index contributed by atoms with van der Waals surface area (Å²) in [6.45, 7) is 4.96. The van der Waals surface area contributed by atoms with Crippen molar-refractivity contribution in [3.8, 4) is 0 Å². The van der Waals surface area contributed by atoms with E-state index in [1.165, 1.54) is 24.3 Å². The van der Waals surface area contributed by atoms with Gasteiger partial charge in [0.1, 0.15) is 5.82 Å². The van der Waals surface area contributed by atoms with Gasteiger partial charge < -0.3 is 20.3 Å². The van der Waals surface area contributed by atoms with Crippen LogP contribution in [0.4, 0.5) is 15.8 Å². The molecule has 0 radical (unpaired) electrons. The second-order valence-electron chi connectivity index (χ2n) is 8.92. The van der Waals surface area contributed by atoms with E-state index in [4.69, 9.17) is 4.74 Å². The highest BCUT2D eigenvalue weighted by Crippen LogP contribution is 2.42. The van der Waals surface area contributed by atoms with Gasteiger partial charge in [0, 0.05) is 59.3 Å². The molecule has 6 nitrogen and oxygen atoms in total. The topological polar surface area (TPSA) is 70.7 Å². The average molecular weight is 462 g/mol. The first-order chi connectivity index (χ1) is 16.5. The van der Waals surface area contributed by atoms with E-state index in [-0.39, 0.29) is 17.5 Å². The Kier molecular flexibility index (Phi) is 6.20. The molecule has 176 valence electrons. The molecule has 7 heteroatoms. The molecule has 0 aromatic heterocycles. The Morgan fingerprint density at radius 2 is 1.76 bits per heavy atom. The molecule has 0 bridgehead atoms. The molecule has 1 amide bonds. The normalized spacial score (nSPS) is 20.7. The van der Waals surface area contributed by atoms with Crippen molar-refractivity contribution in [1.82, 2.24) is 5.32 Å². The van der Waals surface area contributed by atoms with E-state index in [2.05, 4.69) is 27.7 Å². The largest absolute Gasteiger partial charge is 0.378 e. The van der Waals surface area contributed by atoms with Crippen molar-refractivity contribution in [3.05, 3.63) is 82.5 Å². The van der Waals surface area contributed by atoms with Crippen molar-refractivity contribution >= 4 is 23.1 Å². The lowest BCUT2D eigenvalue weighted by atomic mass is 9.75. The Balaban J connectivity index is 1.51. The molecule has 2 aliphatic heterocycles. The van der Waals surface area contributed by atoms with Gasteiger partial charge >= 0.3 is 0 Å². The van der Waals surface area contributed by atoms with Crippen LogP contribution in [0, 0.1) is 5.82 Å². The quantitative estimate of drug-likeness (QED) is 0.712. The molecule has 34 heavy (non-hydrogen) atoms. The van der Waals surface area contributed by atoms with Gasteiger partial charge in [0.15, 0.2) is 5.78 Å². The average Bonchev–Trinajstić information content (AvgIpc) is 2.85. The highest BCUT2D eigenvalue weighted by atomic mass is 19.1. The van der Waals surface area contributed by atoms with Crippen molar-refractivity contribution in [2.45, 2.75) is 32.1 Å². The Bertz CT molecular complexity index is 1160. The summed E-state index contributed by atoms with van der Waals surface area (Å²) >= 11 is 0. The first-order valence-corrected chi connectivity index (χ1v) is 11.7. The number of hydrogen-bond donors (Lipinski definition) is 2. The number of carbonyl (C=O) groups excluding carboxylic acids is 2. The number of nitrogens with one attached hydrogen (secondary N) is 2. The van der Waals surface area contributed by atoms with Crippen molar-refractivity contribution in [2.75, 3.05) is 36.5 Å². The predicted molar refractivity (Wildman–Crippen MR) is 129 cm³/mol. The number of ketones is 1. The van der Waals surface area contributed by atoms with Gasteiger partial charge in [-0.3, -0.25) is 9.59 Å². The van der Waals surface area contributed by atoms with Gasteiger partial charge in [-0.05, 0) is 61.7 Å². The lowest BCUT2D eigenvalue weighted by molar-refractivity contribution is -0.116. The smallest absolute Gasteiger partial charge is 0.254 e. The van der Waals surface area contributed by atoms with Crippen LogP contribution in [0.1, 0.15) is 37.7 Å². The number of benzene rings is 2. The molecule has 5 rings (SSSR count). The number of rotatable bonds is 4. The number of ether oxygens (including phenoxy) is 1. The predicted octanol–water partition coefficient (Wildman–Crippen LogP) is 4.27. The highest BCUT2D eigenvalue weighted by molar-refractivity contribution is 6.09. The fourth-order valence-corrected chi connectivity index (χ4v) is 5.05. The Morgan fingerprint density at radius 1 is 1.06 bits per heavy atom. The number of nitrogens with zero attached hydrogens (tertiary/aromatic N) is 1. The van der Waals surface area contributed by atoms with Crippen LogP contribution < -0.4 is 15.5 Å². The number of allylic oxidation sites excluding steroid dienone is 3. The molecule has 1 saturated heterocycles. The Hall–Kier alpha value is -3.45. The van der Waals surface area contributed by atoms with Gasteiger partial charge in [0.25, 0.3) is 5.91 Å². The number of dihydropyridines is 1. The summed E-state index contributed by atoms with van der Waals surface area (Å²) in [5, 5.41) is 6.22. The van der Waals surface area contributed by atoms with Crippen LogP contribution in [-0.4, -0.2) is 38.0 Å². The van der Waals surface area contributed by atoms with Crippen molar-refractivity contribution in [2.24, 2.45) is 0 Å². The van der Waals surface area contributed by atoms with Gasteiger partial charge in [0.2, 0.25) is 0 Å². The molecule has 1 unspecified atom stereocenters. The Morgan fingerprint density at radius 3 is 2.47 bits per heavy atom. The zero-order chi connectivity index (χ0) is 23.7. The first-order valence-electron chi connectivity index (χ1n) is 11.7. The summed E-state index contributed by atoms with van der Waals surface area (Å²) < 4.78 is 18.8. The van der Waals surface area contributed by atoms with Crippen molar-refractivity contribution in [3.63, 3.8) is 0 Å². The molecule has 3 aliphatic rings. The summed E-state index contributed by atoms with van der Waals surface area (Å²) in [4.78, 5) is 28.8. The summed E-state index contributed by atoms with van der Waals surface area (Å²) in [6, 6.07) is 13.8. The van der Waals surface area contributed by atoms with Gasteiger partial charge in [-0.15, -0.1) is 0 Å². The third-order valence-corrected chi connectivity index (χ3v) is 6.73. The summed E-state index contributed by atoms with van der Waals surface area (Å²) in [7, 11) is 0. The van der Waals surface area contributed by atoms with E-state index >= 15 is 0 Å². The standard InChI is InChI=1S/C27H28FN3O3/c1-17-24(27(33)30-20-9-7-19(28)8-10-20)25(26-22(29-17)3-2-4-23(26)32)18-5-11-21(12-6-18)31-13-15-34-16-14-31/h5-12,25,29H,2-4,13-16H2,1H3,(H,30,33). The molecule has 2 N–H and O–H groups in total.